The van der Waals surface area contributed by atoms with Crippen LogP contribution in [0.4, 0.5) is 0 Å². The number of likely N-dealkylation sites (N-methyl/N-ethyl adjacent to an activating group) is 1. The van der Waals surface area contributed by atoms with Crippen molar-refractivity contribution >= 4 is 17.3 Å². The Kier molecular flexibility index (Phi) is 4.27. The Labute approximate surface area is 106 Å². The summed E-state index contributed by atoms with van der Waals surface area (Å²) < 4.78 is 0. The first kappa shape index (κ1) is 14.1. The lowest BCUT2D eigenvalue weighted by Gasteiger charge is -2.16. The summed E-state index contributed by atoms with van der Waals surface area (Å²) in [6.45, 7) is 8.81. The molecule has 17 heavy (non-hydrogen) atoms. The quantitative estimate of drug-likeness (QED) is 0.868. The molecule has 0 fully saturated rings. The highest BCUT2D eigenvalue weighted by atomic mass is 32.1. The van der Waals surface area contributed by atoms with Gasteiger partial charge in [-0.1, -0.05) is 27.7 Å². The van der Waals surface area contributed by atoms with Crippen molar-refractivity contribution in [2.24, 2.45) is 0 Å². The molecule has 0 spiro atoms. The molecule has 96 valence electrons. The van der Waals surface area contributed by atoms with Gasteiger partial charge in [0.1, 0.15) is 4.88 Å². The van der Waals surface area contributed by atoms with Crippen LogP contribution in [-0.4, -0.2) is 29.7 Å². The highest BCUT2D eigenvalue weighted by Crippen LogP contribution is 2.32. The van der Waals surface area contributed by atoms with Gasteiger partial charge in [-0.3, -0.25) is 0 Å². The van der Waals surface area contributed by atoms with Crippen molar-refractivity contribution in [2.75, 3.05) is 13.6 Å². The Bertz CT molecular complexity index is 407. The maximum atomic E-state index is 11.2. The number of aromatic nitrogens is 1. The summed E-state index contributed by atoms with van der Waals surface area (Å²) in [7, 11) is 1.88. The fourth-order valence-corrected chi connectivity index (χ4v) is 2.76. The van der Waals surface area contributed by atoms with Crippen LogP contribution in [0.1, 0.15) is 54.0 Å². The molecule has 0 aromatic carbocycles. The predicted octanol–water partition coefficient (Wildman–Crippen LogP) is 2.46. The number of thiazole rings is 1. The highest BCUT2D eigenvalue weighted by molar-refractivity contribution is 7.13. The minimum atomic E-state index is -0.879. The standard InChI is InChI=1S/C12H20N2O2S/c1-7(6-13-5)10-14-9(12(2,3)4)8(17-10)11(15)16/h7,13H,6H2,1-5H3,(H,15,16). The van der Waals surface area contributed by atoms with Crippen LogP contribution in [-0.2, 0) is 5.41 Å². The van der Waals surface area contributed by atoms with Crippen LogP contribution in [0, 0.1) is 0 Å². The lowest BCUT2D eigenvalue weighted by Crippen LogP contribution is -2.17. The zero-order valence-corrected chi connectivity index (χ0v) is 11.8. The summed E-state index contributed by atoms with van der Waals surface area (Å²) in [6.07, 6.45) is 0. The predicted molar refractivity (Wildman–Crippen MR) is 70.1 cm³/mol. The third kappa shape index (κ3) is 3.26. The summed E-state index contributed by atoms with van der Waals surface area (Å²) in [5.41, 5.74) is 0.454. The van der Waals surface area contributed by atoms with Crippen molar-refractivity contribution in [1.82, 2.24) is 10.3 Å². The van der Waals surface area contributed by atoms with Gasteiger partial charge in [0.15, 0.2) is 0 Å². The summed E-state index contributed by atoms with van der Waals surface area (Å²) >= 11 is 1.29. The third-order valence-electron chi connectivity index (χ3n) is 2.48. The number of carboxylic acid groups (broad SMARTS) is 1. The molecule has 0 aliphatic rings. The first-order valence-electron chi connectivity index (χ1n) is 5.66. The molecule has 0 saturated carbocycles. The number of hydrogen-bond acceptors (Lipinski definition) is 4. The van der Waals surface area contributed by atoms with E-state index in [2.05, 4.69) is 10.3 Å². The van der Waals surface area contributed by atoms with Gasteiger partial charge in [0.05, 0.1) is 10.7 Å². The van der Waals surface area contributed by atoms with Crippen LogP contribution in [0.15, 0.2) is 0 Å². The van der Waals surface area contributed by atoms with E-state index < -0.39 is 5.97 Å². The number of nitrogens with one attached hydrogen (secondary N) is 1. The zero-order chi connectivity index (χ0) is 13.2. The first-order chi connectivity index (χ1) is 7.77. The fourth-order valence-electron chi connectivity index (χ4n) is 1.59. The molecular formula is C12H20N2O2S. The largest absolute Gasteiger partial charge is 0.477 e. The number of carbonyl (C=O) groups is 1. The molecule has 0 aliphatic carbocycles. The number of carboxylic acids is 1. The second-order valence-corrected chi connectivity index (χ2v) is 6.27. The summed E-state index contributed by atoms with van der Waals surface area (Å²) in [6, 6.07) is 0. The van der Waals surface area contributed by atoms with Gasteiger partial charge in [-0.25, -0.2) is 9.78 Å². The van der Waals surface area contributed by atoms with Gasteiger partial charge in [-0.05, 0) is 7.05 Å². The summed E-state index contributed by atoms with van der Waals surface area (Å²) in [4.78, 5) is 16.1. The van der Waals surface area contributed by atoms with Crippen molar-refractivity contribution in [3.05, 3.63) is 15.6 Å². The smallest absolute Gasteiger partial charge is 0.347 e. The maximum Gasteiger partial charge on any atom is 0.347 e. The summed E-state index contributed by atoms with van der Waals surface area (Å²) in [5.74, 6) is -0.644. The van der Waals surface area contributed by atoms with Crippen LogP contribution in [0.5, 0.6) is 0 Å². The second-order valence-electron chi connectivity index (χ2n) is 5.24. The normalized spacial score (nSPS) is 13.7. The van der Waals surface area contributed by atoms with Crippen molar-refractivity contribution in [3.8, 4) is 0 Å². The minimum absolute atomic E-state index is 0.234. The van der Waals surface area contributed by atoms with Crippen LogP contribution < -0.4 is 5.32 Å². The van der Waals surface area contributed by atoms with Crippen molar-refractivity contribution in [2.45, 2.75) is 39.0 Å². The van der Waals surface area contributed by atoms with Gasteiger partial charge in [-0.2, -0.15) is 0 Å². The average molecular weight is 256 g/mol. The molecule has 1 aromatic rings. The van der Waals surface area contributed by atoms with E-state index in [1.54, 1.807) is 0 Å². The Morgan fingerprint density at radius 2 is 2.12 bits per heavy atom. The van der Waals surface area contributed by atoms with Gasteiger partial charge < -0.3 is 10.4 Å². The Hall–Kier alpha value is -0.940. The number of rotatable bonds is 4. The molecule has 1 aromatic heterocycles. The minimum Gasteiger partial charge on any atom is -0.477 e. The Morgan fingerprint density at radius 1 is 1.53 bits per heavy atom. The molecule has 0 bridgehead atoms. The second kappa shape index (κ2) is 5.14. The van der Waals surface area contributed by atoms with E-state index >= 15 is 0 Å². The van der Waals surface area contributed by atoms with E-state index in [-0.39, 0.29) is 11.3 Å². The number of nitrogens with zero attached hydrogens (tertiary/aromatic N) is 1. The van der Waals surface area contributed by atoms with Crippen LogP contribution in [0.3, 0.4) is 0 Å². The number of hydrogen-bond donors (Lipinski definition) is 2. The van der Waals surface area contributed by atoms with Crippen LogP contribution in [0.25, 0.3) is 0 Å². The van der Waals surface area contributed by atoms with Crippen LogP contribution in [0.2, 0.25) is 0 Å². The van der Waals surface area contributed by atoms with E-state index in [1.165, 1.54) is 11.3 Å². The zero-order valence-electron chi connectivity index (χ0n) is 11.0. The molecule has 4 nitrogen and oxygen atoms in total. The lowest BCUT2D eigenvalue weighted by molar-refractivity contribution is 0.0699. The average Bonchev–Trinajstić information content (AvgIpc) is 2.61. The monoisotopic (exact) mass is 256 g/mol. The van der Waals surface area contributed by atoms with E-state index in [4.69, 9.17) is 0 Å². The van der Waals surface area contributed by atoms with Gasteiger partial charge in [0.2, 0.25) is 0 Å². The van der Waals surface area contributed by atoms with Gasteiger partial charge in [0, 0.05) is 17.9 Å². The van der Waals surface area contributed by atoms with Crippen LogP contribution >= 0.6 is 11.3 Å². The Balaban J connectivity index is 3.17. The van der Waals surface area contributed by atoms with Crippen molar-refractivity contribution < 1.29 is 9.90 Å². The van der Waals surface area contributed by atoms with E-state index in [9.17, 15) is 9.90 Å². The number of aromatic carboxylic acids is 1. The molecule has 0 saturated heterocycles. The molecule has 0 radical (unpaired) electrons. The maximum absolute atomic E-state index is 11.2. The summed E-state index contributed by atoms with van der Waals surface area (Å²) in [5, 5.41) is 13.2. The van der Waals surface area contributed by atoms with Gasteiger partial charge in [0.25, 0.3) is 0 Å². The molecule has 2 N–H and O–H groups in total. The van der Waals surface area contributed by atoms with Crippen molar-refractivity contribution in [1.29, 1.82) is 0 Å². The SMILES string of the molecule is CNCC(C)c1nc(C(C)(C)C)c(C(=O)O)s1. The molecule has 1 heterocycles. The van der Waals surface area contributed by atoms with E-state index in [1.807, 2.05) is 34.7 Å². The van der Waals surface area contributed by atoms with E-state index in [0.717, 1.165) is 11.6 Å². The highest BCUT2D eigenvalue weighted by Gasteiger charge is 2.28. The molecule has 0 amide bonds. The van der Waals surface area contributed by atoms with Crippen molar-refractivity contribution in [3.63, 3.8) is 0 Å². The molecular weight excluding hydrogens is 236 g/mol. The first-order valence-corrected chi connectivity index (χ1v) is 6.48. The molecule has 5 heteroatoms. The molecule has 1 unspecified atom stereocenters. The molecule has 1 atom stereocenters. The lowest BCUT2D eigenvalue weighted by atomic mass is 9.91. The van der Waals surface area contributed by atoms with Gasteiger partial charge >= 0.3 is 5.97 Å². The topological polar surface area (TPSA) is 62.2 Å². The van der Waals surface area contributed by atoms with Gasteiger partial charge in [-0.15, -0.1) is 11.3 Å². The molecule has 0 aliphatic heterocycles. The molecule has 1 rings (SSSR count). The van der Waals surface area contributed by atoms with E-state index in [0.29, 0.717) is 10.6 Å². The Morgan fingerprint density at radius 3 is 2.47 bits per heavy atom. The fraction of sp³-hybridized carbons (Fsp3) is 0.667. The third-order valence-corrected chi connectivity index (χ3v) is 3.76.